The summed E-state index contributed by atoms with van der Waals surface area (Å²) in [5.41, 5.74) is 3.11. The number of rotatable bonds is 6. The number of fused-ring (bicyclic) bond motifs is 2. The van der Waals surface area contributed by atoms with Gasteiger partial charge < -0.3 is 23.5 Å². The zero-order chi connectivity index (χ0) is 24.5. The van der Waals surface area contributed by atoms with Crippen molar-refractivity contribution >= 4 is 16.9 Å². The van der Waals surface area contributed by atoms with Crippen LogP contribution >= 0.6 is 0 Å². The highest BCUT2D eigenvalue weighted by Crippen LogP contribution is 2.40. The third-order valence-electron chi connectivity index (χ3n) is 7.32. The van der Waals surface area contributed by atoms with Crippen molar-refractivity contribution in [2.75, 3.05) is 27.4 Å². The predicted molar refractivity (Wildman–Crippen MR) is 132 cm³/mol. The van der Waals surface area contributed by atoms with Crippen molar-refractivity contribution in [3.8, 4) is 17.2 Å². The van der Waals surface area contributed by atoms with Crippen LogP contribution in [-0.2, 0) is 11.2 Å². The maximum Gasteiger partial charge on any atom is 0.336 e. The number of amides is 1. The molecule has 0 saturated heterocycles. The van der Waals surface area contributed by atoms with E-state index >= 15 is 0 Å². The minimum atomic E-state index is -0.386. The van der Waals surface area contributed by atoms with Crippen LogP contribution in [0.25, 0.3) is 11.0 Å². The molecule has 0 bridgehead atoms. The second-order valence-electron chi connectivity index (χ2n) is 9.40. The molecular formula is C28H31NO6. The van der Waals surface area contributed by atoms with Crippen molar-refractivity contribution in [3.63, 3.8) is 0 Å². The van der Waals surface area contributed by atoms with Gasteiger partial charge in [0.05, 0.1) is 20.3 Å². The molecule has 35 heavy (non-hydrogen) atoms. The van der Waals surface area contributed by atoms with E-state index in [1.54, 1.807) is 20.3 Å². The van der Waals surface area contributed by atoms with Crippen LogP contribution in [0.5, 0.6) is 17.2 Å². The summed E-state index contributed by atoms with van der Waals surface area (Å²) in [5.74, 6) is 2.19. The summed E-state index contributed by atoms with van der Waals surface area (Å²) in [4.78, 5) is 27.3. The average molecular weight is 478 g/mol. The Labute approximate surface area is 204 Å². The van der Waals surface area contributed by atoms with E-state index in [4.69, 9.17) is 18.6 Å². The molecule has 1 amide bonds. The molecule has 5 rings (SSSR count). The van der Waals surface area contributed by atoms with Crippen molar-refractivity contribution < 1.29 is 23.4 Å². The molecule has 1 aliphatic carbocycles. The molecule has 0 unspecified atom stereocenters. The highest BCUT2D eigenvalue weighted by molar-refractivity contribution is 5.81. The first-order valence-electron chi connectivity index (χ1n) is 12.2. The summed E-state index contributed by atoms with van der Waals surface area (Å²) < 4.78 is 22.7. The SMILES string of the molecule is COc1cc2c(cc1OC)[C@@H](COc1ccc3c(C)cc(=O)oc3c1)N(C(=O)C1CCCC1)CC2. The Balaban J connectivity index is 1.48. The van der Waals surface area contributed by atoms with E-state index in [9.17, 15) is 9.59 Å². The minimum Gasteiger partial charge on any atom is -0.493 e. The quantitative estimate of drug-likeness (QED) is 0.474. The summed E-state index contributed by atoms with van der Waals surface area (Å²) in [6.45, 7) is 2.80. The second kappa shape index (κ2) is 9.64. The van der Waals surface area contributed by atoms with Gasteiger partial charge >= 0.3 is 5.63 Å². The molecule has 1 aliphatic heterocycles. The van der Waals surface area contributed by atoms with Crippen LogP contribution < -0.4 is 19.8 Å². The van der Waals surface area contributed by atoms with Gasteiger partial charge in [-0.1, -0.05) is 12.8 Å². The predicted octanol–water partition coefficient (Wildman–Crippen LogP) is 4.81. The molecule has 3 aromatic rings. The standard InChI is InChI=1S/C28H31NO6/c1-17-12-27(30)35-24-14-20(8-9-21(17)24)34-16-23-22-15-26(33-3)25(32-2)13-19(22)10-11-29(23)28(31)18-6-4-5-7-18/h8-9,12-15,18,23H,4-7,10-11,16H2,1-3H3/t23-/m1/s1. The van der Waals surface area contributed by atoms with Crippen molar-refractivity contribution in [1.82, 2.24) is 4.90 Å². The Bertz CT molecular complexity index is 1310. The number of nitrogens with zero attached hydrogens (tertiary/aromatic N) is 1. The van der Waals surface area contributed by atoms with Crippen molar-refractivity contribution in [2.24, 2.45) is 5.92 Å². The Morgan fingerprint density at radius 3 is 2.54 bits per heavy atom. The summed E-state index contributed by atoms with van der Waals surface area (Å²) in [7, 11) is 3.24. The first-order chi connectivity index (χ1) is 17.0. The molecule has 1 saturated carbocycles. The molecule has 1 atom stereocenters. The van der Waals surface area contributed by atoms with Crippen LogP contribution in [0.3, 0.4) is 0 Å². The number of methoxy groups -OCH3 is 2. The Kier molecular flexibility index (Phi) is 6.41. The van der Waals surface area contributed by atoms with Gasteiger partial charge in [0.2, 0.25) is 5.91 Å². The van der Waals surface area contributed by atoms with Crippen LogP contribution in [0.1, 0.15) is 48.4 Å². The zero-order valence-electron chi connectivity index (χ0n) is 20.5. The molecular weight excluding hydrogens is 446 g/mol. The number of hydrogen-bond donors (Lipinski definition) is 0. The molecule has 1 aromatic heterocycles. The van der Waals surface area contributed by atoms with Crippen LogP contribution in [0, 0.1) is 12.8 Å². The number of carbonyl (C=O) groups excluding carboxylic acids is 1. The van der Waals surface area contributed by atoms with Gasteiger partial charge in [-0.15, -0.1) is 0 Å². The Morgan fingerprint density at radius 2 is 1.80 bits per heavy atom. The molecule has 184 valence electrons. The number of hydrogen-bond acceptors (Lipinski definition) is 6. The number of carbonyl (C=O) groups is 1. The van der Waals surface area contributed by atoms with E-state index in [-0.39, 0.29) is 30.1 Å². The lowest BCUT2D eigenvalue weighted by Crippen LogP contribution is -2.44. The molecule has 0 radical (unpaired) electrons. The number of aryl methyl sites for hydroxylation is 1. The maximum absolute atomic E-state index is 13.5. The molecule has 7 heteroatoms. The van der Waals surface area contributed by atoms with Gasteiger partial charge in [0, 0.05) is 30.0 Å². The third-order valence-corrected chi connectivity index (χ3v) is 7.32. The molecule has 2 aliphatic rings. The monoisotopic (exact) mass is 477 g/mol. The second-order valence-corrected chi connectivity index (χ2v) is 9.40. The maximum atomic E-state index is 13.5. The smallest absolute Gasteiger partial charge is 0.336 e. The largest absolute Gasteiger partial charge is 0.493 e. The summed E-state index contributed by atoms with van der Waals surface area (Å²) >= 11 is 0. The lowest BCUT2D eigenvalue weighted by atomic mass is 9.90. The molecule has 7 nitrogen and oxygen atoms in total. The number of ether oxygens (including phenoxy) is 3. The van der Waals surface area contributed by atoms with Crippen LogP contribution in [0.4, 0.5) is 0 Å². The lowest BCUT2D eigenvalue weighted by molar-refractivity contribution is -0.139. The Morgan fingerprint density at radius 1 is 1.06 bits per heavy atom. The highest BCUT2D eigenvalue weighted by Gasteiger charge is 2.36. The summed E-state index contributed by atoms with van der Waals surface area (Å²) in [6.07, 6.45) is 4.87. The van der Waals surface area contributed by atoms with Gasteiger partial charge in [-0.2, -0.15) is 0 Å². The summed E-state index contributed by atoms with van der Waals surface area (Å²) in [5, 5.41) is 0.870. The van der Waals surface area contributed by atoms with Crippen molar-refractivity contribution in [2.45, 2.75) is 45.1 Å². The zero-order valence-corrected chi connectivity index (χ0v) is 20.5. The topological polar surface area (TPSA) is 78.2 Å². The molecule has 1 fully saturated rings. The van der Waals surface area contributed by atoms with Gasteiger partial charge in [-0.05, 0) is 67.1 Å². The van der Waals surface area contributed by atoms with Gasteiger partial charge in [0.15, 0.2) is 11.5 Å². The van der Waals surface area contributed by atoms with Gasteiger partial charge in [-0.3, -0.25) is 4.79 Å². The van der Waals surface area contributed by atoms with Crippen molar-refractivity contribution in [1.29, 1.82) is 0 Å². The van der Waals surface area contributed by atoms with E-state index in [1.165, 1.54) is 6.07 Å². The average Bonchev–Trinajstić information content (AvgIpc) is 3.40. The molecule has 0 spiro atoms. The van der Waals surface area contributed by atoms with Crippen LogP contribution in [0.2, 0.25) is 0 Å². The lowest BCUT2D eigenvalue weighted by Gasteiger charge is -2.39. The van der Waals surface area contributed by atoms with E-state index in [0.29, 0.717) is 29.4 Å². The fourth-order valence-electron chi connectivity index (χ4n) is 5.45. The Hall–Kier alpha value is -3.48. The summed E-state index contributed by atoms with van der Waals surface area (Å²) in [6, 6.07) is 10.7. The van der Waals surface area contributed by atoms with Gasteiger partial charge in [0.1, 0.15) is 17.9 Å². The van der Waals surface area contributed by atoms with Crippen molar-refractivity contribution in [3.05, 3.63) is 63.5 Å². The normalized spacial score (nSPS) is 17.9. The van der Waals surface area contributed by atoms with Gasteiger partial charge in [0.25, 0.3) is 0 Å². The fraction of sp³-hybridized carbons (Fsp3) is 0.429. The van der Waals surface area contributed by atoms with Crippen LogP contribution in [-0.4, -0.2) is 38.2 Å². The van der Waals surface area contributed by atoms with E-state index < -0.39 is 0 Å². The first kappa shape index (κ1) is 23.3. The third kappa shape index (κ3) is 4.47. The fourth-order valence-corrected chi connectivity index (χ4v) is 5.45. The minimum absolute atomic E-state index is 0.0807. The van der Waals surface area contributed by atoms with Gasteiger partial charge in [-0.25, -0.2) is 4.79 Å². The molecule has 0 N–H and O–H groups in total. The van der Waals surface area contributed by atoms with E-state index in [1.807, 2.05) is 36.1 Å². The number of benzene rings is 2. The molecule has 2 aromatic carbocycles. The highest BCUT2D eigenvalue weighted by atomic mass is 16.5. The van der Waals surface area contributed by atoms with E-state index in [2.05, 4.69) is 0 Å². The molecule has 2 heterocycles. The van der Waals surface area contributed by atoms with Crippen LogP contribution in [0.15, 0.2) is 45.6 Å². The first-order valence-corrected chi connectivity index (χ1v) is 12.2. The van der Waals surface area contributed by atoms with E-state index in [0.717, 1.165) is 54.2 Å².